The molecule has 0 radical (unpaired) electrons. The Bertz CT molecular complexity index is 532. The molecule has 3 rings (SSSR count). The number of benzene rings is 1. The SMILES string of the molecule is CCOc1ccc2occc2c1[C@@H]1C[C@H]1CN. The number of nitrogens with two attached hydrogens (primary N) is 1. The minimum atomic E-state index is 0.544. The van der Waals surface area contributed by atoms with Gasteiger partial charge in [-0.05, 0) is 49.9 Å². The van der Waals surface area contributed by atoms with E-state index in [4.69, 9.17) is 14.9 Å². The van der Waals surface area contributed by atoms with Crippen LogP contribution in [0.3, 0.4) is 0 Å². The highest BCUT2D eigenvalue weighted by Crippen LogP contribution is 2.52. The summed E-state index contributed by atoms with van der Waals surface area (Å²) in [5.41, 5.74) is 7.96. The molecule has 0 saturated heterocycles. The quantitative estimate of drug-likeness (QED) is 0.880. The zero-order valence-corrected chi connectivity index (χ0v) is 9.98. The van der Waals surface area contributed by atoms with Crippen molar-refractivity contribution < 1.29 is 9.15 Å². The Morgan fingerprint density at radius 3 is 3.00 bits per heavy atom. The molecule has 90 valence electrons. The first-order chi connectivity index (χ1) is 8.35. The summed E-state index contributed by atoms with van der Waals surface area (Å²) in [4.78, 5) is 0. The maximum absolute atomic E-state index is 5.74. The molecule has 1 heterocycles. The first kappa shape index (κ1) is 10.7. The molecule has 2 atom stereocenters. The Labute approximate surface area is 101 Å². The molecule has 2 aromatic rings. The van der Waals surface area contributed by atoms with Crippen LogP contribution in [0.4, 0.5) is 0 Å². The fraction of sp³-hybridized carbons (Fsp3) is 0.429. The van der Waals surface area contributed by atoms with Crippen LogP contribution in [0.25, 0.3) is 11.0 Å². The van der Waals surface area contributed by atoms with E-state index < -0.39 is 0 Å². The summed E-state index contributed by atoms with van der Waals surface area (Å²) >= 11 is 0. The number of rotatable bonds is 4. The molecular weight excluding hydrogens is 214 g/mol. The third-order valence-corrected chi connectivity index (χ3v) is 3.53. The van der Waals surface area contributed by atoms with Crippen LogP contribution in [0.1, 0.15) is 24.8 Å². The Morgan fingerprint density at radius 1 is 1.41 bits per heavy atom. The summed E-state index contributed by atoms with van der Waals surface area (Å²) in [6.45, 7) is 3.46. The van der Waals surface area contributed by atoms with Gasteiger partial charge in [0.05, 0.1) is 12.9 Å². The number of fused-ring (bicyclic) bond motifs is 1. The summed E-state index contributed by atoms with van der Waals surface area (Å²) in [7, 11) is 0. The smallest absolute Gasteiger partial charge is 0.134 e. The van der Waals surface area contributed by atoms with Crippen LogP contribution in [-0.2, 0) is 0 Å². The van der Waals surface area contributed by atoms with Crippen LogP contribution in [0.5, 0.6) is 5.75 Å². The molecule has 1 saturated carbocycles. The van der Waals surface area contributed by atoms with E-state index in [9.17, 15) is 0 Å². The Balaban J connectivity index is 2.10. The zero-order valence-electron chi connectivity index (χ0n) is 9.98. The normalized spacial score (nSPS) is 22.9. The van der Waals surface area contributed by atoms with Crippen molar-refractivity contribution in [3.63, 3.8) is 0 Å². The lowest BCUT2D eigenvalue weighted by molar-refractivity contribution is 0.337. The fourth-order valence-electron chi connectivity index (χ4n) is 2.57. The van der Waals surface area contributed by atoms with Gasteiger partial charge in [0, 0.05) is 10.9 Å². The van der Waals surface area contributed by atoms with E-state index in [-0.39, 0.29) is 0 Å². The molecule has 3 heteroatoms. The first-order valence-corrected chi connectivity index (χ1v) is 6.18. The molecule has 0 aliphatic heterocycles. The monoisotopic (exact) mass is 231 g/mol. The predicted octanol–water partition coefficient (Wildman–Crippen LogP) is 2.89. The van der Waals surface area contributed by atoms with Gasteiger partial charge in [0.2, 0.25) is 0 Å². The fourth-order valence-corrected chi connectivity index (χ4v) is 2.57. The molecule has 1 aliphatic rings. The van der Waals surface area contributed by atoms with Gasteiger partial charge in [0.1, 0.15) is 11.3 Å². The maximum Gasteiger partial charge on any atom is 0.134 e. The lowest BCUT2D eigenvalue weighted by Crippen LogP contribution is -2.03. The van der Waals surface area contributed by atoms with E-state index in [1.165, 1.54) is 17.4 Å². The van der Waals surface area contributed by atoms with Gasteiger partial charge in [-0.2, -0.15) is 0 Å². The largest absolute Gasteiger partial charge is 0.494 e. The molecule has 0 spiro atoms. The Morgan fingerprint density at radius 2 is 2.29 bits per heavy atom. The summed E-state index contributed by atoms with van der Waals surface area (Å²) in [5.74, 6) is 2.14. The number of hydrogen-bond donors (Lipinski definition) is 1. The molecule has 0 amide bonds. The minimum Gasteiger partial charge on any atom is -0.494 e. The van der Waals surface area contributed by atoms with E-state index in [0.717, 1.165) is 17.9 Å². The van der Waals surface area contributed by atoms with Crippen molar-refractivity contribution in [3.05, 3.63) is 30.0 Å². The van der Waals surface area contributed by atoms with Gasteiger partial charge >= 0.3 is 0 Å². The van der Waals surface area contributed by atoms with Gasteiger partial charge in [-0.25, -0.2) is 0 Å². The van der Waals surface area contributed by atoms with Crippen molar-refractivity contribution in [2.24, 2.45) is 11.7 Å². The average molecular weight is 231 g/mol. The number of furan rings is 1. The van der Waals surface area contributed by atoms with Crippen LogP contribution in [-0.4, -0.2) is 13.2 Å². The summed E-state index contributed by atoms with van der Waals surface area (Å²) < 4.78 is 11.2. The Kier molecular flexibility index (Phi) is 2.56. The predicted molar refractivity (Wildman–Crippen MR) is 67.3 cm³/mol. The molecule has 2 N–H and O–H groups in total. The summed E-state index contributed by atoms with van der Waals surface area (Å²) in [5, 5.41) is 1.18. The summed E-state index contributed by atoms with van der Waals surface area (Å²) in [6, 6.07) is 6.01. The second-order valence-electron chi connectivity index (χ2n) is 4.58. The van der Waals surface area contributed by atoms with Crippen molar-refractivity contribution in [2.45, 2.75) is 19.3 Å². The average Bonchev–Trinajstić information content (AvgIpc) is 2.96. The lowest BCUT2D eigenvalue weighted by atomic mass is 10.0. The van der Waals surface area contributed by atoms with Crippen LogP contribution in [0, 0.1) is 5.92 Å². The highest BCUT2D eigenvalue weighted by molar-refractivity contribution is 5.84. The van der Waals surface area contributed by atoms with Gasteiger partial charge in [-0.15, -0.1) is 0 Å². The standard InChI is InChI=1S/C14H17NO2/c1-2-16-13-4-3-12-10(5-6-17-12)14(13)11-7-9(11)8-15/h3-6,9,11H,2,7-8,15H2,1H3/t9-,11+/m0/s1. The number of ether oxygens (including phenoxy) is 1. The van der Waals surface area contributed by atoms with E-state index in [2.05, 4.69) is 0 Å². The Hall–Kier alpha value is -1.48. The van der Waals surface area contributed by atoms with Crippen molar-refractivity contribution in [3.8, 4) is 5.75 Å². The number of hydrogen-bond acceptors (Lipinski definition) is 3. The van der Waals surface area contributed by atoms with Crippen LogP contribution in [0.2, 0.25) is 0 Å². The second kappa shape index (κ2) is 4.08. The molecule has 1 fully saturated rings. The third kappa shape index (κ3) is 1.71. The van der Waals surface area contributed by atoms with E-state index >= 15 is 0 Å². The van der Waals surface area contributed by atoms with Gasteiger partial charge in [-0.3, -0.25) is 0 Å². The molecule has 3 nitrogen and oxygen atoms in total. The first-order valence-electron chi connectivity index (χ1n) is 6.18. The molecule has 0 bridgehead atoms. The van der Waals surface area contributed by atoms with Crippen molar-refractivity contribution >= 4 is 11.0 Å². The minimum absolute atomic E-state index is 0.544. The molecule has 17 heavy (non-hydrogen) atoms. The van der Waals surface area contributed by atoms with E-state index in [0.29, 0.717) is 18.4 Å². The summed E-state index contributed by atoms with van der Waals surface area (Å²) in [6.07, 6.45) is 2.91. The van der Waals surface area contributed by atoms with Gasteiger partial charge < -0.3 is 14.9 Å². The maximum atomic E-state index is 5.74. The molecule has 0 unspecified atom stereocenters. The molecule has 1 aromatic heterocycles. The van der Waals surface area contributed by atoms with Crippen molar-refractivity contribution in [1.82, 2.24) is 0 Å². The van der Waals surface area contributed by atoms with Crippen molar-refractivity contribution in [1.29, 1.82) is 0 Å². The van der Waals surface area contributed by atoms with Gasteiger partial charge in [0.25, 0.3) is 0 Å². The highest BCUT2D eigenvalue weighted by Gasteiger charge is 2.40. The van der Waals surface area contributed by atoms with Crippen molar-refractivity contribution in [2.75, 3.05) is 13.2 Å². The molecular formula is C14H17NO2. The molecule has 1 aliphatic carbocycles. The highest BCUT2D eigenvalue weighted by atomic mass is 16.5. The van der Waals surface area contributed by atoms with E-state index in [1.807, 2.05) is 25.1 Å². The zero-order chi connectivity index (χ0) is 11.8. The van der Waals surface area contributed by atoms with Crippen LogP contribution >= 0.6 is 0 Å². The molecule has 1 aromatic carbocycles. The van der Waals surface area contributed by atoms with Gasteiger partial charge in [0.15, 0.2) is 0 Å². The van der Waals surface area contributed by atoms with Crippen LogP contribution in [0.15, 0.2) is 28.9 Å². The lowest BCUT2D eigenvalue weighted by Gasteiger charge is -2.10. The second-order valence-corrected chi connectivity index (χ2v) is 4.58. The van der Waals surface area contributed by atoms with Crippen LogP contribution < -0.4 is 10.5 Å². The van der Waals surface area contributed by atoms with Gasteiger partial charge in [-0.1, -0.05) is 0 Å². The van der Waals surface area contributed by atoms with E-state index in [1.54, 1.807) is 6.26 Å². The third-order valence-electron chi connectivity index (χ3n) is 3.53. The topological polar surface area (TPSA) is 48.4 Å².